The Balaban J connectivity index is 0.000000229. The Hall–Kier alpha value is -4.51. The highest BCUT2D eigenvalue weighted by molar-refractivity contribution is 5.64. The SMILES string of the molecule is C.CNCC1OC(OC2C(NC)CC(NC)C(OC3OC(/C=N\OCc4ccccc4)C(O)C(NC)C3O)C2O)C(NC)CC1O.CNCC1OC(OC2C(NC)CC(NC)C(OC3OC(C=O)C(O)C(NC)C3O)C2O)C(NC)CC1O.NCC1OC(OC2C(N)CC(N)C(OC3OC(/C=N\OCc4ccccc4)C(O)C(N)C3O)C2O)C(N)CC1O. The summed E-state index contributed by atoms with van der Waals surface area (Å²) in [5.74, 6) is 0. The van der Waals surface area contributed by atoms with Gasteiger partial charge in [0, 0.05) is 55.9 Å². The Morgan fingerprint density at radius 2 is 0.707 bits per heavy atom. The number of carbonyl (C=O) groups excluding carboxylic acids is 1. The van der Waals surface area contributed by atoms with Gasteiger partial charge in [-0.3, -0.25) is 0 Å². The highest BCUT2D eigenvalue weighted by atomic mass is 16.7. The number of benzene rings is 2. The zero-order chi connectivity index (χ0) is 88.8. The first-order chi connectivity index (χ1) is 58.6. The molecule has 0 spiro atoms. The van der Waals surface area contributed by atoms with Crippen LogP contribution in [0.2, 0.25) is 0 Å². The summed E-state index contributed by atoms with van der Waals surface area (Å²) < 4.78 is 72.4. The maximum atomic E-state index is 11.8. The normalized spacial score (nSPS) is 43.6. The summed E-state index contributed by atoms with van der Waals surface area (Å²) in [6, 6.07) is 12.0. The third kappa shape index (κ3) is 26.4. The van der Waals surface area contributed by atoms with Crippen molar-refractivity contribution in [1.82, 2.24) is 53.2 Å². The zero-order valence-corrected chi connectivity index (χ0v) is 70.8. The highest BCUT2D eigenvalue weighted by Gasteiger charge is 2.56. The molecule has 9 fully saturated rings. The van der Waals surface area contributed by atoms with Crippen molar-refractivity contribution in [2.45, 2.75) is 316 Å². The van der Waals surface area contributed by atoms with Crippen LogP contribution in [0, 0.1) is 0 Å². The number of aliphatic hydroxyl groups excluding tert-OH is 12. The molecule has 42 atom stereocenters. The number of carbonyl (C=O) groups is 1. The molecule has 32 N–H and O–H groups in total. The van der Waals surface area contributed by atoms with E-state index in [1.165, 1.54) is 12.4 Å². The summed E-state index contributed by atoms with van der Waals surface area (Å²) in [7, 11) is 17.3. The quantitative estimate of drug-likeness (QED) is 0.0176. The highest BCUT2D eigenvalue weighted by Crippen LogP contribution is 2.37. The van der Waals surface area contributed by atoms with Gasteiger partial charge in [-0.05, 0) is 120 Å². The van der Waals surface area contributed by atoms with Gasteiger partial charge in [0.1, 0.15) is 123 Å². The first-order valence-corrected chi connectivity index (χ1v) is 41.9. The molecule has 6 aliphatic heterocycles. The molecule has 9 aliphatic rings. The maximum absolute atomic E-state index is 11.8. The third-order valence-electron chi connectivity index (χ3n) is 24.2. The van der Waals surface area contributed by atoms with Gasteiger partial charge in [0.25, 0.3) is 0 Å². The van der Waals surface area contributed by atoms with E-state index >= 15 is 0 Å². The van der Waals surface area contributed by atoms with Gasteiger partial charge in [0.05, 0.1) is 85.3 Å². The molecule has 0 radical (unpaired) electrons. The molecular formula is C79H143N17O27. The van der Waals surface area contributed by atoms with Crippen molar-refractivity contribution in [2.75, 3.05) is 90.1 Å². The lowest BCUT2D eigenvalue weighted by atomic mass is 9.83. The number of oxime groups is 2. The standard InChI is InChI=1S/C30H52N6O9.C25H42N6O9.C23H45N5O9.CH4/c1-31-13-21-20(37)12-19(34-4)29(42-21)44-27-17(32-2)11-18(33-3)28(26(27)40)45-30-25(39)23(35-5)24(38)22(43-30)14-36-41-15-16-9-7-6-8-10-16;26-8-16-15(32)7-14(29)24(37-16)39-22-12(27)6-13(28)23(21(22)35)40-25-20(34)18(30)19(33)17(38-25)9-31-36-10-11-4-2-1-3-5-11;1-24-8-14-13(30)7-12(27-4)22(34-14)36-20-10(25-2)6-11(26-3)21(19(20)33)37-23-18(32)16(28-5)17(31)15(9-29)35-23;/h6-10,14,17-35,37-40H,11-13,15H2,1-5H3;1-5,9,12-25,32-35H,6-8,10,26-30H2;9-28,30-33H,6-8H2,1-5H3;1H4/b36-14-;31-9-;;. The number of hydrogen-bond acceptors (Lipinski definition) is 44. The number of likely N-dealkylation sites (N-methyl/N-ethyl adjacent to an activating group) is 10. The number of rotatable bonds is 34. The average molecular weight is 1760 g/mol. The Labute approximate surface area is 718 Å². The molecule has 3 aliphatic carbocycles. The van der Waals surface area contributed by atoms with Crippen molar-refractivity contribution in [3.05, 3.63) is 71.8 Å². The lowest BCUT2D eigenvalue weighted by molar-refractivity contribution is -0.311. The fourth-order valence-corrected chi connectivity index (χ4v) is 17.0. The second-order valence-corrected chi connectivity index (χ2v) is 32.3. The predicted molar refractivity (Wildman–Crippen MR) is 445 cm³/mol. The van der Waals surface area contributed by atoms with Gasteiger partial charge in [-0.15, -0.1) is 0 Å². The lowest BCUT2D eigenvalue weighted by Gasteiger charge is -2.49. The van der Waals surface area contributed by atoms with Crippen LogP contribution in [0.15, 0.2) is 71.0 Å². The summed E-state index contributed by atoms with van der Waals surface area (Å²) in [6.45, 7) is 1.34. The van der Waals surface area contributed by atoms with Crippen LogP contribution < -0.4 is 81.8 Å². The van der Waals surface area contributed by atoms with Gasteiger partial charge in [-0.2, -0.15) is 0 Å². The molecule has 0 bridgehead atoms. The van der Waals surface area contributed by atoms with E-state index in [2.05, 4.69) is 63.5 Å². The van der Waals surface area contributed by atoms with E-state index in [1.807, 2.05) is 60.7 Å². The van der Waals surface area contributed by atoms with E-state index in [-0.39, 0.29) is 76.3 Å². The molecule has 6 saturated heterocycles. The van der Waals surface area contributed by atoms with Gasteiger partial charge >= 0.3 is 0 Å². The fraction of sp³-hybridized carbons (Fsp3) is 0.810. The molecule has 706 valence electrons. The molecule has 44 heteroatoms. The second kappa shape index (κ2) is 50.6. The topological polar surface area (TPSA) is 664 Å². The Bertz CT molecular complexity index is 3360. The molecule has 2 aromatic rings. The van der Waals surface area contributed by atoms with Crippen LogP contribution in [-0.2, 0) is 84.5 Å². The molecular weight excluding hydrogens is 1620 g/mol. The Kier molecular flexibility index (Phi) is 42.7. The molecule has 0 aromatic heterocycles. The smallest absolute Gasteiger partial charge is 0.186 e. The number of hydrogen-bond donors (Lipinski definition) is 27. The third-order valence-corrected chi connectivity index (χ3v) is 24.2. The Morgan fingerprint density at radius 1 is 0.366 bits per heavy atom. The minimum Gasteiger partial charge on any atom is -0.391 e. The van der Waals surface area contributed by atoms with Crippen LogP contribution >= 0.6 is 0 Å². The van der Waals surface area contributed by atoms with Gasteiger partial charge in [-0.1, -0.05) is 78.4 Å². The van der Waals surface area contributed by atoms with Crippen molar-refractivity contribution >= 4 is 18.7 Å². The van der Waals surface area contributed by atoms with E-state index in [9.17, 15) is 66.1 Å². The first-order valence-electron chi connectivity index (χ1n) is 41.9. The Morgan fingerprint density at radius 3 is 1.09 bits per heavy atom. The molecule has 0 amide bonds. The van der Waals surface area contributed by atoms with Crippen LogP contribution in [0.25, 0.3) is 0 Å². The summed E-state index contributed by atoms with van der Waals surface area (Å²) in [6.07, 6.45) is -25.3. The molecule has 6 heterocycles. The molecule has 3 saturated carbocycles. The fourth-order valence-electron chi connectivity index (χ4n) is 17.0. The number of nitrogens with zero attached hydrogens (tertiary/aromatic N) is 2. The minimum absolute atomic E-state index is 0. The van der Waals surface area contributed by atoms with Crippen LogP contribution in [0.5, 0.6) is 0 Å². The summed E-state index contributed by atoms with van der Waals surface area (Å²) in [5, 5.41) is 169. The van der Waals surface area contributed by atoms with Gasteiger partial charge in [0.15, 0.2) is 44.0 Å². The monoisotopic (exact) mass is 1760 g/mol. The molecule has 123 heavy (non-hydrogen) atoms. The van der Waals surface area contributed by atoms with Crippen molar-refractivity contribution in [1.29, 1.82) is 0 Å². The van der Waals surface area contributed by atoms with E-state index < -0.39 is 220 Å². The second-order valence-electron chi connectivity index (χ2n) is 32.3. The maximum Gasteiger partial charge on any atom is 0.186 e. The van der Waals surface area contributed by atoms with Crippen LogP contribution in [-0.4, -0.2) is 427 Å². The summed E-state index contributed by atoms with van der Waals surface area (Å²) >= 11 is 0. The largest absolute Gasteiger partial charge is 0.391 e. The van der Waals surface area contributed by atoms with Crippen molar-refractivity contribution in [2.24, 2.45) is 39.0 Å². The number of aldehydes is 1. The molecule has 44 nitrogen and oxygen atoms in total. The van der Waals surface area contributed by atoms with Gasteiger partial charge in [0.2, 0.25) is 0 Å². The van der Waals surface area contributed by atoms with Crippen molar-refractivity contribution in [3.63, 3.8) is 0 Å². The summed E-state index contributed by atoms with van der Waals surface area (Å²) in [4.78, 5) is 22.2. The van der Waals surface area contributed by atoms with E-state index in [4.69, 9.17) is 95.2 Å². The molecule has 42 unspecified atom stereocenters. The number of nitrogens with one attached hydrogen (secondary N) is 10. The first kappa shape index (κ1) is 104. The van der Waals surface area contributed by atoms with Crippen molar-refractivity contribution < 1.29 is 133 Å². The molecule has 2 aromatic carbocycles. The van der Waals surface area contributed by atoms with E-state index in [0.717, 1.165) is 11.1 Å². The van der Waals surface area contributed by atoms with Gasteiger partial charge < -0.3 is 214 Å². The van der Waals surface area contributed by atoms with E-state index in [0.29, 0.717) is 45.1 Å². The minimum atomic E-state index is -1.46. The summed E-state index contributed by atoms with van der Waals surface area (Å²) in [5.41, 5.74) is 32.2. The van der Waals surface area contributed by atoms with Crippen molar-refractivity contribution in [3.8, 4) is 0 Å². The molecule has 11 rings (SSSR count). The number of nitrogens with two attached hydrogens (primary N) is 5. The average Bonchev–Trinajstić information content (AvgIpc) is 0.800. The van der Waals surface area contributed by atoms with E-state index in [1.54, 1.807) is 70.5 Å². The number of aliphatic hydroxyl groups is 12. The lowest BCUT2D eigenvalue weighted by Crippen LogP contribution is -2.68. The van der Waals surface area contributed by atoms with Crippen LogP contribution in [0.3, 0.4) is 0 Å². The zero-order valence-electron chi connectivity index (χ0n) is 70.8. The van der Waals surface area contributed by atoms with Gasteiger partial charge in [-0.25, -0.2) is 0 Å². The number of ether oxygens (including phenoxy) is 12. The predicted octanol–water partition coefficient (Wildman–Crippen LogP) is -11.0. The van der Waals surface area contributed by atoms with Crippen LogP contribution in [0.4, 0.5) is 0 Å². The van der Waals surface area contributed by atoms with Crippen LogP contribution in [0.1, 0.15) is 57.1 Å².